The van der Waals surface area contributed by atoms with E-state index in [1.807, 2.05) is 6.92 Å². The predicted molar refractivity (Wildman–Crippen MR) is 91.9 cm³/mol. The van der Waals surface area contributed by atoms with E-state index in [-0.39, 0.29) is 11.0 Å². The van der Waals surface area contributed by atoms with Gasteiger partial charge in [0.25, 0.3) is 0 Å². The lowest BCUT2D eigenvalue weighted by Gasteiger charge is -2.08. The number of rotatable bonds is 8. The summed E-state index contributed by atoms with van der Waals surface area (Å²) < 4.78 is 0. The van der Waals surface area contributed by atoms with E-state index in [9.17, 15) is 4.79 Å². The Morgan fingerprint density at radius 2 is 1.95 bits per heavy atom. The number of carbonyl (C=O) groups is 1. The Hall–Kier alpha value is -0.770. The molecular formula is C15H19Cl3N2O. The zero-order chi connectivity index (χ0) is 15.8. The number of benzene rings is 1. The van der Waals surface area contributed by atoms with Gasteiger partial charge < -0.3 is 0 Å². The van der Waals surface area contributed by atoms with E-state index < -0.39 is 0 Å². The van der Waals surface area contributed by atoms with Crippen LogP contribution in [0.2, 0.25) is 10.0 Å². The summed E-state index contributed by atoms with van der Waals surface area (Å²) in [6, 6.07) is 3.33. The van der Waals surface area contributed by atoms with E-state index >= 15 is 0 Å². The average molecular weight is 350 g/mol. The lowest BCUT2D eigenvalue weighted by atomic mass is 10.1. The van der Waals surface area contributed by atoms with Gasteiger partial charge in [0.05, 0.1) is 5.69 Å². The summed E-state index contributed by atoms with van der Waals surface area (Å²) in [5.41, 5.74) is 4.17. The number of hydrogen-bond acceptors (Lipinski definition) is 3. The van der Waals surface area contributed by atoms with Crippen molar-refractivity contribution in [1.29, 1.82) is 0 Å². The molecule has 21 heavy (non-hydrogen) atoms. The summed E-state index contributed by atoms with van der Waals surface area (Å²) in [5, 5.41) is 4.87. The van der Waals surface area contributed by atoms with E-state index in [0.29, 0.717) is 22.2 Å². The maximum Gasteiger partial charge on any atom is 0.194 e. The molecule has 0 aliphatic rings. The summed E-state index contributed by atoms with van der Waals surface area (Å²) >= 11 is 17.8. The van der Waals surface area contributed by atoms with E-state index in [2.05, 4.69) is 17.5 Å². The Kier molecular flexibility index (Phi) is 8.09. The van der Waals surface area contributed by atoms with Crippen molar-refractivity contribution in [3.63, 3.8) is 0 Å². The second-order valence-electron chi connectivity index (χ2n) is 4.81. The molecular weight excluding hydrogens is 331 g/mol. The Morgan fingerprint density at radius 3 is 2.62 bits per heavy atom. The Bertz CT molecular complexity index is 530. The van der Waals surface area contributed by atoms with Crippen LogP contribution in [0.1, 0.15) is 44.6 Å². The second kappa shape index (κ2) is 9.29. The van der Waals surface area contributed by atoms with Crippen LogP contribution in [-0.2, 0) is 4.79 Å². The average Bonchev–Trinajstić information content (AvgIpc) is 2.45. The van der Waals surface area contributed by atoms with Crippen LogP contribution < -0.4 is 5.43 Å². The lowest BCUT2D eigenvalue weighted by molar-refractivity contribution is -0.112. The van der Waals surface area contributed by atoms with Crippen molar-refractivity contribution in [1.82, 2.24) is 0 Å². The molecule has 0 saturated carbocycles. The predicted octanol–water partition coefficient (Wildman–Crippen LogP) is 5.81. The molecule has 0 saturated heterocycles. The number of hydrazone groups is 1. The molecule has 0 atom stereocenters. The van der Waals surface area contributed by atoms with Gasteiger partial charge in [0.1, 0.15) is 0 Å². The monoisotopic (exact) mass is 348 g/mol. The van der Waals surface area contributed by atoms with Gasteiger partial charge in [0.15, 0.2) is 11.0 Å². The molecule has 0 aromatic heterocycles. The maximum absolute atomic E-state index is 11.8. The van der Waals surface area contributed by atoms with Crippen molar-refractivity contribution in [3.05, 3.63) is 27.7 Å². The number of hydrogen-bond donors (Lipinski definition) is 1. The van der Waals surface area contributed by atoms with Crippen LogP contribution in [0.3, 0.4) is 0 Å². The third-order valence-electron chi connectivity index (χ3n) is 3.07. The van der Waals surface area contributed by atoms with Crippen LogP contribution in [-0.4, -0.2) is 11.0 Å². The molecule has 3 nitrogen and oxygen atoms in total. The molecule has 0 spiro atoms. The van der Waals surface area contributed by atoms with E-state index in [4.69, 9.17) is 34.8 Å². The number of nitrogens with one attached hydrogen (secondary N) is 1. The first-order valence-corrected chi connectivity index (χ1v) is 8.07. The maximum atomic E-state index is 11.8. The van der Waals surface area contributed by atoms with Gasteiger partial charge in [0, 0.05) is 16.5 Å². The molecule has 116 valence electrons. The lowest BCUT2D eigenvalue weighted by Crippen LogP contribution is -2.09. The topological polar surface area (TPSA) is 41.5 Å². The number of anilines is 1. The van der Waals surface area contributed by atoms with E-state index in [1.165, 1.54) is 0 Å². The molecule has 0 amide bonds. The highest BCUT2D eigenvalue weighted by Crippen LogP contribution is 2.28. The first-order valence-electron chi connectivity index (χ1n) is 6.93. The molecule has 0 aliphatic heterocycles. The smallest absolute Gasteiger partial charge is 0.194 e. The quantitative estimate of drug-likeness (QED) is 0.366. The van der Waals surface area contributed by atoms with E-state index in [0.717, 1.165) is 31.2 Å². The summed E-state index contributed by atoms with van der Waals surface area (Å²) in [6.07, 6.45) is 4.54. The highest BCUT2D eigenvalue weighted by atomic mass is 35.5. The fourth-order valence-corrected chi connectivity index (χ4v) is 2.38. The number of unbranched alkanes of at least 4 members (excludes halogenated alkanes) is 3. The summed E-state index contributed by atoms with van der Waals surface area (Å²) in [7, 11) is 0. The molecule has 0 fully saturated rings. The van der Waals surface area contributed by atoms with Gasteiger partial charge in [-0.15, -0.1) is 0 Å². The largest absolute Gasteiger partial charge is 0.291 e. The number of ketones is 1. The van der Waals surface area contributed by atoms with Gasteiger partial charge in [-0.2, -0.15) is 5.10 Å². The van der Waals surface area contributed by atoms with Crippen molar-refractivity contribution < 1.29 is 4.79 Å². The molecule has 0 heterocycles. The van der Waals surface area contributed by atoms with Gasteiger partial charge in [0.2, 0.25) is 0 Å². The van der Waals surface area contributed by atoms with Crippen LogP contribution >= 0.6 is 34.8 Å². The van der Waals surface area contributed by atoms with Gasteiger partial charge in [-0.25, -0.2) is 0 Å². The highest BCUT2D eigenvalue weighted by molar-refractivity contribution is 6.83. The number of nitrogens with zero attached hydrogens (tertiary/aromatic N) is 1. The SMILES string of the molecule is CCCCCCC(=O)C(Cl)=NNc1cc(Cl)cc(Cl)c1C. The molecule has 0 aliphatic carbocycles. The van der Waals surface area contributed by atoms with E-state index in [1.54, 1.807) is 12.1 Å². The normalized spacial score (nSPS) is 11.6. The summed E-state index contributed by atoms with van der Waals surface area (Å²) in [4.78, 5) is 11.8. The Morgan fingerprint density at radius 1 is 1.24 bits per heavy atom. The molecule has 1 aromatic rings. The number of Topliss-reactive ketones (excluding diaryl/α,β-unsaturated/α-hetero) is 1. The summed E-state index contributed by atoms with van der Waals surface area (Å²) in [6.45, 7) is 3.95. The first kappa shape index (κ1) is 18.3. The standard InChI is InChI=1S/C15H19Cl3N2O/c1-3-4-5-6-7-14(21)15(18)20-19-13-9-11(16)8-12(17)10(13)2/h8-9,19H,3-7H2,1-2H3. The first-order chi connectivity index (χ1) is 9.95. The van der Waals surface area contributed by atoms with Crippen LogP contribution in [0.15, 0.2) is 17.2 Å². The number of carbonyl (C=O) groups excluding carboxylic acids is 1. The van der Waals surface area contributed by atoms with Crippen LogP contribution in [0, 0.1) is 6.92 Å². The highest BCUT2D eigenvalue weighted by Gasteiger charge is 2.09. The molecule has 0 radical (unpaired) electrons. The van der Waals surface area contributed by atoms with Crippen molar-refractivity contribution in [2.24, 2.45) is 5.10 Å². The third-order valence-corrected chi connectivity index (χ3v) is 3.98. The van der Waals surface area contributed by atoms with Crippen LogP contribution in [0.4, 0.5) is 5.69 Å². The molecule has 6 heteroatoms. The third kappa shape index (κ3) is 6.25. The minimum atomic E-state index is -0.161. The van der Waals surface area contributed by atoms with Crippen molar-refractivity contribution in [2.75, 3.05) is 5.43 Å². The van der Waals surface area contributed by atoms with Gasteiger partial charge in [-0.3, -0.25) is 10.2 Å². The Balaban J connectivity index is 2.61. The minimum Gasteiger partial charge on any atom is -0.291 e. The van der Waals surface area contributed by atoms with Gasteiger partial charge in [-0.05, 0) is 31.0 Å². The summed E-state index contributed by atoms with van der Waals surface area (Å²) in [5.74, 6) is -0.161. The molecule has 0 bridgehead atoms. The second-order valence-corrected chi connectivity index (χ2v) is 6.01. The van der Waals surface area contributed by atoms with Crippen molar-refractivity contribution in [2.45, 2.75) is 46.0 Å². The fraction of sp³-hybridized carbons (Fsp3) is 0.467. The molecule has 0 unspecified atom stereocenters. The zero-order valence-corrected chi connectivity index (χ0v) is 14.4. The minimum absolute atomic E-state index is 0.0537. The van der Waals surface area contributed by atoms with Gasteiger partial charge in [-0.1, -0.05) is 61.0 Å². The van der Waals surface area contributed by atoms with Gasteiger partial charge >= 0.3 is 0 Å². The number of halogens is 3. The van der Waals surface area contributed by atoms with Crippen molar-refractivity contribution >= 4 is 51.4 Å². The fourth-order valence-electron chi connectivity index (χ4n) is 1.75. The molecule has 1 N–H and O–H groups in total. The van der Waals surface area contributed by atoms with Crippen molar-refractivity contribution in [3.8, 4) is 0 Å². The zero-order valence-electron chi connectivity index (χ0n) is 12.2. The molecule has 1 aromatic carbocycles. The van der Waals surface area contributed by atoms with Crippen LogP contribution in [0.25, 0.3) is 0 Å². The Labute approximate surface area is 140 Å². The van der Waals surface area contributed by atoms with Crippen LogP contribution in [0.5, 0.6) is 0 Å². The molecule has 1 rings (SSSR count).